The summed E-state index contributed by atoms with van der Waals surface area (Å²) < 4.78 is 0. The summed E-state index contributed by atoms with van der Waals surface area (Å²) in [6.07, 6.45) is 1.88. The second-order valence-electron chi connectivity index (χ2n) is 1.77. The number of hydrogen-bond acceptors (Lipinski definition) is 4. The van der Waals surface area contributed by atoms with Gasteiger partial charge < -0.3 is 0 Å². The molecule has 0 saturated heterocycles. The lowest BCUT2D eigenvalue weighted by Crippen LogP contribution is -2.03. The molecule has 0 unspecified atom stereocenters. The van der Waals surface area contributed by atoms with Crippen molar-refractivity contribution in [3.8, 4) is 0 Å². The standard InChI is InChI=1S/C4H6N4O2/c9-8(10)2-1-4-3-5-7-6-4/h3H,1-2H2,(H,5,6,7). The van der Waals surface area contributed by atoms with Crippen LogP contribution in [0.15, 0.2) is 6.20 Å². The number of hydrogen-bond donors (Lipinski definition) is 1. The summed E-state index contributed by atoms with van der Waals surface area (Å²) >= 11 is 0. The predicted octanol–water partition coefficient (Wildman–Crippen LogP) is -0.376. The van der Waals surface area contributed by atoms with Gasteiger partial charge in [-0.15, -0.1) is 5.10 Å². The Kier molecular flexibility index (Phi) is 1.93. The minimum Gasteiger partial charge on any atom is -0.265 e. The van der Waals surface area contributed by atoms with Crippen LogP contribution in [0.1, 0.15) is 5.69 Å². The number of rotatable bonds is 3. The molecule has 1 aromatic rings. The van der Waals surface area contributed by atoms with E-state index in [1.54, 1.807) is 6.20 Å². The Labute approximate surface area is 56.4 Å². The molecule has 54 valence electrons. The van der Waals surface area contributed by atoms with E-state index < -0.39 is 0 Å². The third kappa shape index (κ3) is 1.81. The summed E-state index contributed by atoms with van der Waals surface area (Å²) in [5, 5.41) is 19.3. The number of aromatic nitrogens is 3. The highest BCUT2D eigenvalue weighted by Crippen LogP contribution is 1.89. The van der Waals surface area contributed by atoms with Crippen molar-refractivity contribution in [2.75, 3.05) is 6.54 Å². The van der Waals surface area contributed by atoms with Gasteiger partial charge in [0, 0.05) is 11.1 Å². The van der Waals surface area contributed by atoms with E-state index in [4.69, 9.17) is 0 Å². The van der Waals surface area contributed by atoms with Gasteiger partial charge in [-0.05, 0) is 0 Å². The minimum absolute atomic E-state index is 0.0907. The van der Waals surface area contributed by atoms with E-state index in [2.05, 4.69) is 15.4 Å². The fourth-order valence-electron chi connectivity index (χ4n) is 0.553. The van der Waals surface area contributed by atoms with Crippen LogP contribution in [0, 0.1) is 10.1 Å². The highest BCUT2D eigenvalue weighted by molar-refractivity contribution is 4.89. The zero-order valence-corrected chi connectivity index (χ0v) is 5.15. The molecule has 1 N–H and O–H groups in total. The molecule has 0 aliphatic rings. The molecule has 0 amide bonds. The van der Waals surface area contributed by atoms with E-state index >= 15 is 0 Å². The van der Waals surface area contributed by atoms with Crippen LogP contribution in [0.5, 0.6) is 0 Å². The first kappa shape index (κ1) is 6.66. The highest BCUT2D eigenvalue weighted by atomic mass is 16.6. The van der Waals surface area contributed by atoms with Crippen LogP contribution in [0.3, 0.4) is 0 Å². The van der Waals surface area contributed by atoms with Gasteiger partial charge in [0.25, 0.3) is 0 Å². The van der Waals surface area contributed by atoms with E-state index in [1.165, 1.54) is 0 Å². The molecule has 0 aliphatic heterocycles. The molecular formula is C4H6N4O2. The topological polar surface area (TPSA) is 84.7 Å². The maximum atomic E-state index is 9.84. The normalized spacial score (nSPS) is 9.60. The summed E-state index contributed by atoms with van der Waals surface area (Å²) in [6.45, 7) is -0.0907. The Balaban J connectivity index is 2.35. The second kappa shape index (κ2) is 2.90. The van der Waals surface area contributed by atoms with Gasteiger partial charge in [0.2, 0.25) is 6.54 Å². The Hall–Kier alpha value is -1.46. The van der Waals surface area contributed by atoms with Crippen molar-refractivity contribution in [2.24, 2.45) is 0 Å². The van der Waals surface area contributed by atoms with Gasteiger partial charge in [-0.2, -0.15) is 0 Å². The smallest absolute Gasteiger partial charge is 0.209 e. The van der Waals surface area contributed by atoms with Gasteiger partial charge in [-0.1, -0.05) is 5.21 Å². The van der Waals surface area contributed by atoms with Crippen molar-refractivity contribution in [3.05, 3.63) is 22.0 Å². The van der Waals surface area contributed by atoms with Crippen molar-refractivity contribution in [3.63, 3.8) is 0 Å². The van der Waals surface area contributed by atoms with E-state index in [9.17, 15) is 10.1 Å². The summed E-state index contributed by atoms with van der Waals surface area (Å²) in [5.74, 6) is 0. The molecule has 6 nitrogen and oxygen atoms in total. The zero-order valence-electron chi connectivity index (χ0n) is 5.15. The number of aromatic amines is 1. The zero-order chi connectivity index (χ0) is 7.40. The number of nitrogens with one attached hydrogen (secondary N) is 1. The van der Waals surface area contributed by atoms with Crippen molar-refractivity contribution in [1.29, 1.82) is 0 Å². The third-order valence-electron chi connectivity index (χ3n) is 1.02. The molecule has 1 rings (SSSR count). The van der Waals surface area contributed by atoms with E-state index in [0.29, 0.717) is 12.1 Å². The lowest BCUT2D eigenvalue weighted by molar-refractivity contribution is -0.479. The molecular weight excluding hydrogens is 136 g/mol. The maximum absolute atomic E-state index is 9.84. The number of H-pyrrole nitrogens is 1. The molecule has 0 bridgehead atoms. The van der Waals surface area contributed by atoms with Gasteiger partial charge in [0.1, 0.15) is 0 Å². The molecule has 0 aromatic carbocycles. The number of nitro groups is 1. The molecule has 6 heteroatoms. The average Bonchev–Trinajstić information content (AvgIpc) is 2.34. The molecule has 0 saturated carbocycles. The first-order chi connectivity index (χ1) is 4.79. The van der Waals surface area contributed by atoms with Gasteiger partial charge >= 0.3 is 0 Å². The predicted molar refractivity (Wildman–Crippen MR) is 31.9 cm³/mol. The summed E-state index contributed by atoms with van der Waals surface area (Å²) in [5.41, 5.74) is 0.622. The Morgan fingerprint density at radius 3 is 3.10 bits per heavy atom. The monoisotopic (exact) mass is 142 g/mol. The van der Waals surface area contributed by atoms with Crippen LogP contribution in [-0.4, -0.2) is 26.9 Å². The molecule has 0 spiro atoms. The first-order valence-corrected chi connectivity index (χ1v) is 2.76. The fraction of sp³-hybridized carbons (Fsp3) is 0.500. The Morgan fingerprint density at radius 2 is 2.60 bits per heavy atom. The van der Waals surface area contributed by atoms with Crippen molar-refractivity contribution in [1.82, 2.24) is 15.4 Å². The van der Waals surface area contributed by atoms with E-state index in [0.717, 1.165) is 0 Å². The minimum atomic E-state index is -0.380. The molecule has 0 atom stereocenters. The Morgan fingerprint density at radius 1 is 1.80 bits per heavy atom. The molecule has 0 fully saturated rings. The molecule has 1 heterocycles. The quantitative estimate of drug-likeness (QED) is 0.460. The SMILES string of the molecule is O=[N+]([O-])CCc1c[nH]nn1. The van der Waals surface area contributed by atoms with E-state index in [1.807, 2.05) is 0 Å². The summed E-state index contributed by atoms with van der Waals surface area (Å²) in [6, 6.07) is 0. The van der Waals surface area contributed by atoms with Crippen LogP contribution in [0.2, 0.25) is 0 Å². The largest absolute Gasteiger partial charge is 0.265 e. The van der Waals surface area contributed by atoms with E-state index in [-0.39, 0.29) is 11.5 Å². The van der Waals surface area contributed by atoms with Crippen LogP contribution in [-0.2, 0) is 6.42 Å². The Bertz CT molecular complexity index is 207. The lowest BCUT2D eigenvalue weighted by atomic mass is 10.3. The summed E-state index contributed by atoms with van der Waals surface area (Å²) in [7, 11) is 0. The molecule has 1 aromatic heterocycles. The maximum Gasteiger partial charge on any atom is 0.209 e. The van der Waals surface area contributed by atoms with Gasteiger partial charge in [-0.25, -0.2) is 0 Å². The van der Waals surface area contributed by atoms with Gasteiger partial charge in [0.05, 0.1) is 12.1 Å². The first-order valence-electron chi connectivity index (χ1n) is 2.76. The van der Waals surface area contributed by atoms with Crippen molar-refractivity contribution < 1.29 is 4.92 Å². The number of nitrogens with zero attached hydrogens (tertiary/aromatic N) is 3. The molecule has 0 aliphatic carbocycles. The van der Waals surface area contributed by atoms with Crippen molar-refractivity contribution in [2.45, 2.75) is 6.42 Å². The third-order valence-corrected chi connectivity index (χ3v) is 1.02. The average molecular weight is 142 g/mol. The highest BCUT2D eigenvalue weighted by Gasteiger charge is 2.00. The van der Waals surface area contributed by atoms with Gasteiger partial charge in [0.15, 0.2) is 0 Å². The van der Waals surface area contributed by atoms with Gasteiger partial charge in [-0.3, -0.25) is 15.2 Å². The van der Waals surface area contributed by atoms with Crippen LogP contribution >= 0.6 is 0 Å². The van der Waals surface area contributed by atoms with Crippen LogP contribution in [0.25, 0.3) is 0 Å². The van der Waals surface area contributed by atoms with Crippen LogP contribution in [0.4, 0.5) is 0 Å². The van der Waals surface area contributed by atoms with Crippen LogP contribution < -0.4 is 0 Å². The summed E-state index contributed by atoms with van der Waals surface area (Å²) in [4.78, 5) is 9.46. The second-order valence-corrected chi connectivity index (χ2v) is 1.77. The van der Waals surface area contributed by atoms with Crippen molar-refractivity contribution >= 4 is 0 Å². The molecule has 0 radical (unpaired) electrons. The molecule has 10 heavy (non-hydrogen) atoms. The fourth-order valence-corrected chi connectivity index (χ4v) is 0.553. The lowest BCUT2D eigenvalue weighted by Gasteiger charge is -1.86.